The van der Waals surface area contributed by atoms with Gasteiger partial charge in [0, 0.05) is 46.3 Å². The number of rotatable bonds is 6. The Kier molecular flexibility index (Phi) is 10.8. The van der Waals surface area contributed by atoms with E-state index in [-0.39, 0.29) is 43.4 Å². The number of nitrogens with zero attached hydrogens (tertiary/aromatic N) is 5. The largest absolute Gasteiger partial charge is 0.497 e. The highest BCUT2D eigenvalue weighted by atomic mass is 16.5. The molecule has 0 aliphatic carbocycles. The maximum absolute atomic E-state index is 14.1. The Morgan fingerprint density at radius 1 is 1.09 bits per heavy atom. The van der Waals surface area contributed by atoms with Gasteiger partial charge in [0.25, 0.3) is 0 Å². The Bertz CT molecular complexity index is 1280. The molecular weight excluding hydrogens is 570 g/mol. The van der Waals surface area contributed by atoms with Crippen LogP contribution in [0.5, 0.6) is 5.75 Å². The number of nitrogens with one attached hydrogen (secondary N) is 2. The molecule has 14 heteroatoms. The van der Waals surface area contributed by atoms with Gasteiger partial charge in [-0.2, -0.15) is 0 Å². The van der Waals surface area contributed by atoms with E-state index in [4.69, 9.17) is 18.9 Å². The third-order valence-electron chi connectivity index (χ3n) is 8.52. The summed E-state index contributed by atoms with van der Waals surface area (Å²) in [5.41, 5.74) is 1.03. The lowest BCUT2D eigenvalue weighted by atomic mass is 9.83. The van der Waals surface area contributed by atoms with Crippen LogP contribution in [0, 0.1) is 0 Å². The van der Waals surface area contributed by atoms with Gasteiger partial charge in [-0.1, -0.05) is 17.3 Å². The summed E-state index contributed by atoms with van der Waals surface area (Å²) < 4.78 is 23.3. The van der Waals surface area contributed by atoms with E-state index in [0.717, 1.165) is 17.9 Å². The summed E-state index contributed by atoms with van der Waals surface area (Å²) in [5.74, 6) is 0.111. The molecule has 1 spiro atoms. The lowest BCUT2D eigenvalue weighted by molar-refractivity contribution is -0.141. The molecule has 0 unspecified atom stereocenters. The van der Waals surface area contributed by atoms with Crippen LogP contribution < -0.4 is 15.4 Å². The Morgan fingerprint density at radius 3 is 2.70 bits per heavy atom. The van der Waals surface area contributed by atoms with Crippen molar-refractivity contribution in [3.05, 3.63) is 41.7 Å². The number of carbonyl (C=O) groups is 3. The van der Waals surface area contributed by atoms with Gasteiger partial charge in [-0.3, -0.25) is 19.3 Å². The van der Waals surface area contributed by atoms with E-state index < -0.39 is 11.6 Å². The Morgan fingerprint density at radius 2 is 1.91 bits per heavy atom. The number of methoxy groups -OCH3 is 2. The second-order valence-electron chi connectivity index (χ2n) is 11.7. The predicted octanol–water partition coefficient (Wildman–Crippen LogP) is 0.279. The Hall–Kier alpha value is -3.59. The van der Waals surface area contributed by atoms with Gasteiger partial charge in [0.05, 0.1) is 57.7 Å². The molecule has 3 aliphatic rings. The number of ether oxygens (including phenoxy) is 4. The van der Waals surface area contributed by atoms with Crippen molar-refractivity contribution >= 4 is 17.7 Å². The lowest BCUT2D eigenvalue weighted by Gasteiger charge is -2.43. The zero-order valence-corrected chi connectivity index (χ0v) is 25.5. The van der Waals surface area contributed by atoms with E-state index in [9.17, 15) is 14.4 Å². The minimum Gasteiger partial charge on any atom is -0.497 e. The molecule has 1 aromatic heterocycles. The summed E-state index contributed by atoms with van der Waals surface area (Å²) in [6.07, 6.45) is 3.43. The number of amides is 3. The van der Waals surface area contributed by atoms with Gasteiger partial charge >= 0.3 is 0 Å². The van der Waals surface area contributed by atoms with Crippen molar-refractivity contribution in [2.75, 3.05) is 66.8 Å². The first-order valence-electron chi connectivity index (χ1n) is 15.2. The topological polar surface area (TPSA) is 149 Å². The number of piperidine rings is 1. The molecule has 0 saturated carbocycles. The van der Waals surface area contributed by atoms with Gasteiger partial charge in [0.1, 0.15) is 24.1 Å². The molecule has 3 saturated heterocycles. The molecule has 5 rings (SSSR count). The van der Waals surface area contributed by atoms with Crippen molar-refractivity contribution in [1.29, 1.82) is 0 Å². The van der Waals surface area contributed by atoms with Crippen LogP contribution in [-0.4, -0.2) is 121 Å². The molecule has 1 aromatic carbocycles. The monoisotopic (exact) mass is 613 g/mol. The molecular formula is C30H43N7O7. The zero-order valence-electron chi connectivity index (χ0n) is 25.5. The normalized spacial score (nSPS) is 24.1. The summed E-state index contributed by atoms with van der Waals surface area (Å²) in [7, 11) is 3.24. The second-order valence-corrected chi connectivity index (χ2v) is 11.7. The number of hydrogen-bond acceptors (Lipinski definition) is 10. The average Bonchev–Trinajstić information content (AvgIpc) is 3.67. The summed E-state index contributed by atoms with van der Waals surface area (Å²) >= 11 is 0. The first kappa shape index (κ1) is 31.8. The third kappa shape index (κ3) is 8.11. The summed E-state index contributed by atoms with van der Waals surface area (Å²) in [6.45, 7) is 3.77. The van der Waals surface area contributed by atoms with E-state index in [0.29, 0.717) is 71.0 Å². The fourth-order valence-corrected chi connectivity index (χ4v) is 6.22. The van der Waals surface area contributed by atoms with Gasteiger partial charge in [-0.25, -0.2) is 4.68 Å². The van der Waals surface area contributed by atoms with E-state index in [1.54, 1.807) is 30.0 Å². The van der Waals surface area contributed by atoms with Crippen LogP contribution in [0.1, 0.15) is 43.0 Å². The van der Waals surface area contributed by atoms with Crippen LogP contribution in [0.15, 0.2) is 30.5 Å². The van der Waals surface area contributed by atoms with Crippen LogP contribution >= 0.6 is 0 Å². The van der Waals surface area contributed by atoms with Crippen LogP contribution in [0.3, 0.4) is 0 Å². The third-order valence-corrected chi connectivity index (χ3v) is 8.52. The van der Waals surface area contributed by atoms with Crippen LogP contribution in [-0.2, 0) is 41.7 Å². The predicted molar refractivity (Wildman–Crippen MR) is 158 cm³/mol. The number of fused-ring (bicyclic) bond motifs is 1. The molecule has 240 valence electrons. The van der Waals surface area contributed by atoms with Gasteiger partial charge < -0.3 is 34.5 Å². The van der Waals surface area contributed by atoms with Gasteiger partial charge in [0.15, 0.2) is 0 Å². The highest BCUT2D eigenvalue weighted by molar-refractivity contribution is 5.89. The average molecular weight is 614 g/mol. The van der Waals surface area contributed by atoms with Crippen molar-refractivity contribution in [3.8, 4) is 5.75 Å². The highest BCUT2D eigenvalue weighted by Crippen LogP contribution is 2.33. The highest BCUT2D eigenvalue weighted by Gasteiger charge is 2.45. The summed E-state index contributed by atoms with van der Waals surface area (Å²) in [5, 5.41) is 14.5. The van der Waals surface area contributed by atoms with E-state index in [2.05, 4.69) is 31.9 Å². The van der Waals surface area contributed by atoms with Crippen molar-refractivity contribution in [2.24, 2.45) is 0 Å². The summed E-state index contributed by atoms with van der Waals surface area (Å²) in [4.78, 5) is 44.5. The first-order valence-corrected chi connectivity index (χ1v) is 15.2. The van der Waals surface area contributed by atoms with Crippen LogP contribution in [0.25, 0.3) is 0 Å². The maximum Gasteiger partial charge on any atom is 0.246 e. The first-order chi connectivity index (χ1) is 21.4. The van der Waals surface area contributed by atoms with E-state index in [1.165, 1.54) is 0 Å². The number of aromatic nitrogens is 3. The fourth-order valence-electron chi connectivity index (χ4n) is 6.22. The molecule has 2 N–H and O–H groups in total. The molecule has 0 radical (unpaired) electrons. The molecule has 44 heavy (non-hydrogen) atoms. The van der Waals surface area contributed by atoms with Crippen molar-refractivity contribution in [3.63, 3.8) is 0 Å². The quantitative estimate of drug-likeness (QED) is 0.465. The SMILES string of the molecule is COCc1cn([C@H]2C[C@H]3C(=O)NCCOCCOCC(=O)NC4(CCN(Cc5cccc(OC)c5)CC4)CC(=O)N3C2)nn1. The molecule has 2 aromatic rings. The number of carbonyl (C=O) groups excluding carboxylic acids is 3. The van der Waals surface area contributed by atoms with Gasteiger partial charge in [-0.05, 0) is 30.5 Å². The maximum atomic E-state index is 14.1. The molecule has 3 aliphatic heterocycles. The minimum absolute atomic E-state index is 0.0810. The molecule has 14 nitrogen and oxygen atoms in total. The smallest absolute Gasteiger partial charge is 0.246 e. The van der Waals surface area contributed by atoms with Crippen molar-refractivity contribution in [1.82, 2.24) is 35.4 Å². The zero-order chi connectivity index (χ0) is 30.9. The van der Waals surface area contributed by atoms with E-state index in [1.807, 2.05) is 18.2 Å². The van der Waals surface area contributed by atoms with E-state index >= 15 is 0 Å². The molecule has 0 bridgehead atoms. The summed E-state index contributed by atoms with van der Waals surface area (Å²) in [6, 6.07) is 7.06. The Balaban J connectivity index is 1.33. The number of hydrogen-bond donors (Lipinski definition) is 2. The molecule has 3 fully saturated rings. The molecule has 2 atom stereocenters. The standard InChI is InChI=1S/C30H43N7O7/c1-41-20-23-18-37(34-33-23)24-15-26-29(40)31-8-11-43-12-13-44-21-27(38)32-30(16-28(39)36(26)19-24)6-9-35(10-7-30)17-22-4-3-5-25(14-22)42-2/h3-5,14,18,24,26H,6-13,15-17,19-21H2,1-2H3,(H,31,40)(H,32,38)/t24-,26-/m0/s1. The second kappa shape index (κ2) is 14.9. The fraction of sp³-hybridized carbons (Fsp3) is 0.633. The minimum atomic E-state index is -0.770. The van der Waals surface area contributed by atoms with Crippen molar-refractivity contribution < 1.29 is 33.3 Å². The number of benzene rings is 1. The van der Waals surface area contributed by atoms with Gasteiger partial charge in [0.2, 0.25) is 17.7 Å². The van der Waals surface area contributed by atoms with Crippen LogP contribution in [0.2, 0.25) is 0 Å². The van der Waals surface area contributed by atoms with Gasteiger partial charge in [-0.15, -0.1) is 5.10 Å². The van der Waals surface area contributed by atoms with Crippen molar-refractivity contribution in [2.45, 2.75) is 56.5 Å². The molecule has 3 amide bonds. The van der Waals surface area contributed by atoms with Crippen LogP contribution in [0.4, 0.5) is 0 Å². The Labute approximate surface area is 257 Å². The lowest BCUT2D eigenvalue weighted by Crippen LogP contribution is -2.58. The molecule has 4 heterocycles. The number of likely N-dealkylation sites (tertiary alicyclic amines) is 1.